The van der Waals surface area contributed by atoms with Gasteiger partial charge >= 0.3 is 6.03 Å². The van der Waals surface area contributed by atoms with Crippen molar-refractivity contribution in [1.29, 1.82) is 0 Å². The predicted molar refractivity (Wildman–Crippen MR) is 127 cm³/mol. The lowest BCUT2D eigenvalue weighted by molar-refractivity contribution is 0.250. The molecule has 0 atom stereocenters. The van der Waals surface area contributed by atoms with E-state index in [0.717, 1.165) is 23.8 Å². The second kappa shape index (κ2) is 13.0. The van der Waals surface area contributed by atoms with Crippen molar-refractivity contribution in [3.05, 3.63) is 65.2 Å². The molecule has 0 saturated carbocycles. The van der Waals surface area contributed by atoms with E-state index in [2.05, 4.69) is 26.3 Å². The number of carbonyl (C=O) groups excluding carboxylic acids is 1. The van der Waals surface area contributed by atoms with Gasteiger partial charge in [0.1, 0.15) is 11.6 Å². The maximum Gasteiger partial charge on any atom is 0.319 e. The van der Waals surface area contributed by atoms with Crippen LogP contribution in [-0.2, 0) is 13.1 Å². The van der Waals surface area contributed by atoms with E-state index in [4.69, 9.17) is 0 Å². The van der Waals surface area contributed by atoms with Crippen molar-refractivity contribution in [2.45, 2.75) is 39.9 Å². The van der Waals surface area contributed by atoms with Gasteiger partial charge in [-0.05, 0) is 56.7 Å². The molecule has 4 N–H and O–H groups in total. The molecule has 0 radical (unpaired) electrons. The van der Waals surface area contributed by atoms with E-state index in [0.29, 0.717) is 24.7 Å². The van der Waals surface area contributed by atoms with Crippen LogP contribution in [0.25, 0.3) is 0 Å². The minimum atomic E-state index is -0.485. The summed E-state index contributed by atoms with van der Waals surface area (Å²) in [6.07, 6.45) is 0. The topological polar surface area (TPSA) is 77.5 Å². The second-order valence-corrected chi connectivity index (χ2v) is 6.73. The third-order valence-electron chi connectivity index (χ3n) is 3.85. The number of nitrogens with zero attached hydrogens (tertiary/aromatic N) is 1. The maximum atomic E-state index is 13.8. The highest BCUT2D eigenvalue weighted by molar-refractivity contribution is 14.0. The predicted octanol–water partition coefficient (Wildman–Crippen LogP) is 4.37. The molecule has 0 fully saturated rings. The summed E-state index contributed by atoms with van der Waals surface area (Å²) < 4.78 is 27.0. The van der Waals surface area contributed by atoms with Crippen molar-refractivity contribution in [3.8, 4) is 0 Å². The molecule has 0 unspecified atom stereocenters. The van der Waals surface area contributed by atoms with E-state index in [1.54, 1.807) is 12.1 Å². The molecule has 0 aliphatic rings. The van der Waals surface area contributed by atoms with Crippen LogP contribution < -0.4 is 21.3 Å². The molecule has 2 amide bonds. The first kappa shape index (κ1) is 25.6. The number of hydrogen-bond donors (Lipinski definition) is 4. The lowest BCUT2D eigenvalue weighted by Gasteiger charge is -2.12. The van der Waals surface area contributed by atoms with Gasteiger partial charge < -0.3 is 21.3 Å². The van der Waals surface area contributed by atoms with Crippen LogP contribution >= 0.6 is 24.0 Å². The molecule has 164 valence electrons. The molecular weight excluding hydrogens is 503 g/mol. The van der Waals surface area contributed by atoms with Crippen molar-refractivity contribution >= 4 is 41.7 Å². The van der Waals surface area contributed by atoms with Gasteiger partial charge in [-0.15, -0.1) is 24.0 Å². The van der Waals surface area contributed by atoms with E-state index in [1.165, 1.54) is 0 Å². The first-order valence-corrected chi connectivity index (χ1v) is 9.50. The van der Waals surface area contributed by atoms with Gasteiger partial charge in [-0.3, -0.25) is 0 Å². The quantitative estimate of drug-likeness (QED) is 0.244. The van der Waals surface area contributed by atoms with Gasteiger partial charge in [-0.2, -0.15) is 0 Å². The van der Waals surface area contributed by atoms with Crippen molar-refractivity contribution < 1.29 is 13.6 Å². The molecule has 2 aromatic carbocycles. The number of aliphatic imine (C=N–C) groups is 1. The fourth-order valence-corrected chi connectivity index (χ4v) is 2.49. The molecule has 0 saturated heterocycles. The first-order chi connectivity index (χ1) is 13.9. The number of benzene rings is 2. The number of rotatable bonds is 7. The maximum absolute atomic E-state index is 13.8. The Balaban J connectivity index is 0.00000450. The summed E-state index contributed by atoms with van der Waals surface area (Å²) in [5, 5.41) is 11.6. The Kier molecular flexibility index (Phi) is 11.1. The van der Waals surface area contributed by atoms with Crippen molar-refractivity contribution in [3.63, 3.8) is 0 Å². The lowest BCUT2D eigenvalue weighted by atomic mass is 10.2. The van der Waals surface area contributed by atoms with Crippen LogP contribution in [0.15, 0.2) is 47.5 Å². The molecule has 0 aliphatic carbocycles. The summed E-state index contributed by atoms with van der Waals surface area (Å²) >= 11 is 0. The van der Waals surface area contributed by atoms with Crippen LogP contribution in [0.4, 0.5) is 19.3 Å². The van der Waals surface area contributed by atoms with E-state index in [1.807, 2.05) is 32.9 Å². The fraction of sp³-hybridized carbons (Fsp3) is 0.333. The highest BCUT2D eigenvalue weighted by Gasteiger charge is 2.06. The Labute approximate surface area is 193 Å². The number of nitrogens with one attached hydrogen (secondary N) is 4. The SMILES string of the molecule is CCNC(=NCc1ccc(NC(=O)NC(C)C)cc1)NCc1cc(F)ccc1F.I. The number of hydrogen-bond acceptors (Lipinski definition) is 2. The third kappa shape index (κ3) is 8.93. The Morgan fingerprint density at radius 1 is 1.07 bits per heavy atom. The Morgan fingerprint density at radius 3 is 2.40 bits per heavy atom. The molecule has 30 heavy (non-hydrogen) atoms. The van der Waals surface area contributed by atoms with Gasteiger partial charge in [0.2, 0.25) is 0 Å². The van der Waals surface area contributed by atoms with Crippen LogP contribution in [0.5, 0.6) is 0 Å². The van der Waals surface area contributed by atoms with Gasteiger partial charge in [0.05, 0.1) is 6.54 Å². The van der Waals surface area contributed by atoms with Crippen molar-refractivity contribution in [2.75, 3.05) is 11.9 Å². The van der Waals surface area contributed by atoms with Crippen LogP contribution in [0.2, 0.25) is 0 Å². The number of amides is 2. The standard InChI is InChI=1S/C21H27F2N5O.HI/c1-4-24-20(26-13-16-11-17(22)7-10-19(16)23)25-12-15-5-8-18(9-6-15)28-21(29)27-14(2)3;/h5-11,14H,4,12-13H2,1-3H3,(H2,24,25,26)(H2,27,28,29);1H. The number of anilines is 1. The van der Waals surface area contributed by atoms with E-state index in [-0.39, 0.29) is 48.2 Å². The molecule has 2 rings (SSSR count). The zero-order valence-corrected chi connectivity index (χ0v) is 19.6. The van der Waals surface area contributed by atoms with Gasteiger partial charge in [0, 0.05) is 30.4 Å². The highest BCUT2D eigenvalue weighted by atomic mass is 127. The molecule has 0 aromatic heterocycles. The summed E-state index contributed by atoms with van der Waals surface area (Å²) in [6, 6.07) is 10.5. The molecule has 0 bridgehead atoms. The first-order valence-electron chi connectivity index (χ1n) is 9.50. The van der Waals surface area contributed by atoms with E-state index in [9.17, 15) is 13.6 Å². The molecule has 2 aromatic rings. The van der Waals surface area contributed by atoms with Crippen LogP contribution in [-0.4, -0.2) is 24.6 Å². The summed E-state index contributed by atoms with van der Waals surface area (Å²) in [5.74, 6) is -0.463. The monoisotopic (exact) mass is 531 g/mol. The number of carbonyl (C=O) groups is 1. The highest BCUT2D eigenvalue weighted by Crippen LogP contribution is 2.11. The molecule has 0 spiro atoms. The van der Waals surface area contributed by atoms with E-state index >= 15 is 0 Å². The summed E-state index contributed by atoms with van der Waals surface area (Å²) in [5.41, 5.74) is 1.85. The molecule has 0 heterocycles. The Bertz CT molecular complexity index is 844. The van der Waals surface area contributed by atoms with Crippen LogP contribution in [0.3, 0.4) is 0 Å². The minimum absolute atomic E-state index is 0. The lowest BCUT2D eigenvalue weighted by Crippen LogP contribution is -2.37. The Hall–Kier alpha value is -2.43. The summed E-state index contributed by atoms with van der Waals surface area (Å²) in [4.78, 5) is 16.2. The van der Waals surface area contributed by atoms with E-state index < -0.39 is 11.6 Å². The summed E-state index contributed by atoms with van der Waals surface area (Å²) in [6.45, 7) is 6.83. The van der Waals surface area contributed by atoms with Crippen molar-refractivity contribution in [1.82, 2.24) is 16.0 Å². The third-order valence-corrected chi connectivity index (χ3v) is 3.85. The van der Waals surface area contributed by atoms with Gasteiger partial charge in [-0.1, -0.05) is 12.1 Å². The zero-order chi connectivity index (χ0) is 21.2. The molecule has 9 heteroatoms. The summed E-state index contributed by atoms with van der Waals surface area (Å²) in [7, 11) is 0. The molecule has 6 nitrogen and oxygen atoms in total. The average Bonchev–Trinajstić information content (AvgIpc) is 2.67. The molecule has 0 aliphatic heterocycles. The molecular formula is C21H28F2IN5O. The van der Waals surface area contributed by atoms with Crippen molar-refractivity contribution in [2.24, 2.45) is 4.99 Å². The second-order valence-electron chi connectivity index (χ2n) is 6.73. The normalized spacial score (nSPS) is 10.9. The van der Waals surface area contributed by atoms with Crippen LogP contribution in [0.1, 0.15) is 31.9 Å². The number of urea groups is 1. The van der Waals surface area contributed by atoms with Gasteiger partial charge in [0.25, 0.3) is 0 Å². The number of guanidine groups is 1. The number of halogens is 3. The smallest absolute Gasteiger partial charge is 0.319 e. The zero-order valence-electron chi connectivity index (χ0n) is 17.3. The van der Waals surface area contributed by atoms with Gasteiger partial charge in [-0.25, -0.2) is 18.6 Å². The Morgan fingerprint density at radius 2 is 1.77 bits per heavy atom. The van der Waals surface area contributed by atoms with Gasteiger partial charge in [0.15, 0.2) is 5.96 Å². The van der Waals surface area contributed by atoms with Crippen LogP contribution in [0, 0.1) is 11.6 Å². The fourth-order valence-electron chi connectivity index (χ4n) is 2.49. The minimum Gasteiger partial charge on any atom is -0.357 e. The average molecular weight is 531 g/mol. The largest absolute Gasteiger partial charge is 0.357 e.